The molecule has 0 radical (unpaired) electrons. The molecule has 2 aromatic carbocycles. The first-order chi connectivity index (χ1) is 14.1. The molecule has 8 heteroatoms. The van der Waals surface area contributed by atoms with Crippen molar-refractivity contribution in [3.63, 3.8) is 0 Å². The maximum absolute atomic E-state index is 12.5. The molecule has 1 atom stereocenters. The predicted octanol–water partition coefficient (Wildman–Crippen LogP) is 4.97. The van der Waals surface area contributed by atoms with Gasteiger partial charge in [-0.3, -0.25) is 4.90 Å². The van der Waals surface area contributed by atoms with Crippen LogP contribution in [0.15, 0.2) is 53.4 Å². The number of alkyl halides is 2. The molecule has 1 aliphatic rings. The fourth-order valence-corrected chi connectivity index (χ4v) is 4.10. The summed E-state index contributed by atoms with van der Waals surface area (Å²) in [7, 11) is 1.64. The highest BCUT2D eigenvalue weighted by molar-refractivity contribution is 7.99. The van der Waals surface area contributed by atoms with E-state index < -0.39 is 5.76 Å². The van der Waals surface area contributed by atoms with E-state index in [0.717, 1.165) is 37.2 Å². The highest BCUT2D eigenvalue weighted by atomic mass is 32.2. The number of halogens is 2. The molecule has 29 heavy (non-hydrogen) atoms. The molecule has 156 valence electrons. The third kappa shape index (κ3) is 6.08. The summed E-state index contributed by atoms with van der Waals surface area (Å²) in [6.07, 6.45) is 2.26. The molecule has 1 saturated heterocycles. The topological polar surface area (TPSA) is 53.6 Å². The third-order valence-electron chi connectivity index (χ3n) is 4.85. The van der Waals surface area contributed by atoms with Crippen LogP contribution < -0.4 is 15.4 Å². The second kappa shape index (κ2) is 10.5. The Hall–Kier alpha value is -2.32. The Morgan fingerprint density at radius 2 is 1.93 bits per heavy atom. The molecule has 0 saturated carbocycles. The average molecular weight is 422 g/mol. The van der Waals surface area contributed by atoms with Gasteiger partial charge in [0.15, 0.2) is 0 Å². The first-order valence-electron chi connectivity index (χ1n) is 9.53. The quantitative estimate of drug-likeness (QED) is 0.591. The number of nitrogens with one attached hydrogen (secondary N) is 2. The van der Waals surface area contributed by atoms with Crippen molar-refractivity contribution < 1.29 is 18.3 Å². The normalized spacial score (nSPS) is 15.3. The van der Waals surface area contributed by atoms with Crippen molar-refractivity contribution in [2.75, 3.05) is 32.1 Å². The summed E-state index contributed by atoms with van der Waals surface area (Å²) >= 11 is 0.451. The van der Waals surface area contributed by atoms with Gasteiger partial charge in [-0.05, 0) is 50.2 Å². The molecule has 3 rings (SSSR count). The molecule has 1 aliphatic heterocycles. The number of amides is 2. The van der Waals surface area contributed by atoms with Crippen molar-refractivity contribution in [3.8, 4) is 5.75 Å². The van der Waals surface area contributed by atoms with E-state index in [0.29, 0.717) is 28.9 Å². The summed E-state index contributed by atoms with van der Waals surface area (Å²) in [6, 6.07) is 13.9. The van der Waals surface area contributed by atoms with Gasteiger partial charge in [0.1, 0.15) is 5.75 Å². The molecule has 5 nitrogen and oxygen atoms in total. The van der Waals surface area contributed by atoms with Crippen LogP contribution in [0, 0.1) is 0 Å². The van der Waals surface area contributed by atoms with E-state index in [-0.39, 0.29) is 12.1 Å². The Bertz CT molecular complexity index is 816. The number of anilines is 1. The minimum absolute atomic E-state index is 0.000114. The van der Waals surface area contributed by atoms with Crippen LogP contribution in [0.25, 0.3) is 0 Å². The zero-order valence-electron chi connectivity index (χ0n) is 16.2. The molecule has 0 spiro atoms. The van der Waals surface area contributed by atoms with Crippen molar-refractivity contribution in [1.82, 2.24) is 10.2 Å². The third-order valence-corrected chi connectivity index (χ3v) is 5.56. The van der Waals surface area contributed by atoms with Gasteiger partial charge in [0, 0.05) is 22.7 Å². The molecule has 2 N–H and O–H groups in total. The minimum atomic E-state index is -2.50. The number of hydrogen-bond donors (Lipinski definition) is 2. The minimum Gasteiger partial charge on any atom is -0.496 e. The summed E-state index contributed by atoms with van der Waals surface area (Å²) < 4.78 is 30.6. The number of nitrogens with zero attached hydrogens (tertiary/aromatic N) is 1. The van der Waals surface area contributed by atoms with Crippen LogP contribution in [-0.2, 0) is 0 Å². The highest BCUT2D eigenvalue weighted by Gasteiger charge is 2.26. The summed E-state index contributed by atoms with van der Waals surface area (Å²) in [5.74, 6) is -1.70. The van der Waals surface area contributed by atoms with Gasteiger partial charge in [0.25, 0.3) is 5.76 Å². The zero-order valence-corrected chi connectivity index (χ0v) is 17.1. The molecule has 1 fully saturated rings. The maximum Gasteiger partial charge on any atom is 0.319 e. The Balaban J connectivity index is 1.65. The van der Waals surface area contributed by atoms with Crippen LogP contribution in [0.1, 0.15) is 24.4 Å². The number of rotatable bonds is 8. The lowest BCUT2D eigenvalue weighted by molar-refractivity contribution is 0.224. The first kappa shape index (κ1) is 21.4. The summed E-state index contributed by atoms with van der Waals surface area (Å²) in [6.45, 7) is 2.36. The largest absolute Gasteiger partial charge is 0.496 e. The smallest absolute Gasteiger partial charge is 0.319 e. The molecule has 0 bridgehead atoms. The number of carbonyl (C=O) groups excluding carboxylic acids is 1. The Kier molecular flexibility index (Phi) is 7.71. The number of benzene rings is 2. The fourth-order valence-electron chi connectivity index (χ4n) is 3.55. The molecular formula is C21H25F2N3O2S. The predicted molar refractivity (Wildman–Crippen MR) is 112 cm³/mol. The molecule has 0 aliphatic carbocycles. The Morgan fingerprint density at radius 1 is 1.17 bits per heavy atom. The van der Waals surface area contributed by atoms with Gasteiger partial charge in [-0.25, -0.2) is 4.79 Å². The second-order valence-electron chi connectivity index (χ2n) is 6.74. The Labute approximate surface area is 173 Å². The fraction of sp³-hybridized carbons (Fsp3) is 0.381. The molecule has 2 amide bonds. The molecule has 1 unspecified atom stereocenters. The van der Waals surface area contributed by atoms with Crippen LogP contribution in [0.3, 0.4) is 0 Å². The van der Waals surface area contributed by atoms with E-state index in [1.165, 1.54) is 6.07 Å². The van der Waals surface area contributed by atoms with Crippen molar-refractivity contribution in [1.29, 1.82) is 0 Å². The van der Waals surface area contributed by atoms with E-state index in [2.05, 4.69) is 15.5 Å². The molecular weight excluding hydrogens is 396 g/mol. The average Bonchev–Trinajstić information content (AvgIpc) is 3.23. The van der Waals surface area contributed by atoms with Crippen molar-refractivity contribution >= 4 is 23.5 Å². The van der Waals surface area contributed by atoms with E-state index >= 15 is 0 Å². The van der Waals surface area contributed by atoms with Gasteiger partial charge in [0.2, 0.25) is 0 Å². The van der Waals surface area contributed by atoms with Crippen molar-refractivity contribution in [2.24, 2.45) is 0 Å². The summed E-state index contributed by atoms with van der Waals surface area (Å²) in [5.41, 5.74) is 1.51. The lowest BCUT2D eigenvalue weighted by Crippen LogP contribution is -2.38. The van der Waals surface area contributed by atoms with Gasteiger partial charge >= 0.3 is 6.03 Å². The first-order valence-corrected chi connectivity index (χ1v) is 10.4. The zero-order chi connectivity index (χ0) is 20.6. The van der Waals surface area contributed by atoms with Crippen LogP contribution in [-0.4, -0.2) is 43.4 Å². The lowest BCUT2D eigenvalue weighted by atomic mass is 10.0. The molecule has 2 aromatic rings. The van der Waals surface area contributed by atoms with Crippen LogP contribution >= 0.6 is 11.8 Å². The van der Waals surface area contributed by atoms with Gasteiger partial charge in [-0.2, -0.15) is 8.78 Å². The monoisotopic (exact) mass is 421 g/mol. The number of methoxy groups -OCH3 is 1. The van der Waals surface area contributed by atoms with E-state index in [1.54, 1.807) is 25.3 Å². The standard InChI is InChI=1S/C21H25F2N3O2S/c1-28-19-10-3-2-9-17(19)18(26-11-4-5-12-26)14-24-21(27)25-15-7-6-8-16(13-15)29-20(22)23/h2-3,6-10,13,18,20H,4-5,11-12,14H2,1H3,(H2,24,25,27). The van der Waals surface area contributed by atoms with E-state index in [9.17, 15) is 13.6 Å². The van der Waals surface area contributed by atoms with Crippen molar-refractivity contribution in [3.05, 3.63) is 54.1 Å². The lowest BCUT2D eigenvalue weighted by Gasteiger charge is -2.29. The van der Waals surface area contributed by atoms with Crippen LogP contribution in [0.5, 0.6) is 5.75 Å². The van der Waals surface area contributed by atoms with Gasteiger partial charge < -0.3 is 15.4 Å². The maximum atomic E-state index is 12.5. The number of thioether (sulfide) groups is 1. The van der Waals surface area contributed by atoms with Crippen LogP contribution in [0.2, 0.25) is 0 Å². The summed E-state index contributed by atoms with van der Waals surface area (Å²) in [4.78, 5) is 15.2. The van der Waals surface area contributed by atoms with Gasteiger partial charge in [-0.15, -0.1) is 0 Å². The van der Waals surface area contributed by atoms with E-state index in [4.69, 9.17) is 4.74 Å². The van der Waals surface area contributed by atoms with Gasteiger partial charge in [-0.1, -0.05) is 36.0 Å². The number of ether oxygens (including phenoxy) is 1. The van der Waals surface area contributed by atoms with Crippen molar-refractivity contribution in [2.45, 2.75) is 29.5 Å². The van der Waals surface area contributed by atoms with Gasteiger partial charge in [0.05, 0.1) is 13.2 Å². The van der Waals surface area contributed by atoms with E-state index in [1.807, 2.05) is 24.3 Å². The number of para-hydroxylation sites is 1. The molecule has 0 aromatic heterocycles. The number of likely N-dealkylation sites (tertiary alicyclic amines) is 1. The summed E-state index contributed by atoms with van der Waals surface area (Å²) in [5, 5.41) is 5.64. The second-order valence-corrected chi connectivity index (χ2v) is 7.81. The Morgan fingerprint density at radius 3 is 2.66 bits per heavy atom. The number of urea groups is 1. The molecule has 1 heterocycles. The highest BCUT2D eigenvalue weighted by Crippen LogP contribution is 2.31. The SMILES string of the molecule is COc1ccccc1C(CNC(=O)Nc1cccc(SC(F)F)c1)N1CCCC1. The number of carbonyl (C=O) groups is 1. The number of hydrogen-bond acceptors (Lipinski definition) is 4. The van der Waals surface area contributed by atoms with Crippen LogP contribution in [0.4, 0.5) is 19.3 Å².